The lowest BCUT2D eigenvalue weighted by molar-refractivity contribution is -0.0101. The van der Waals surface area contributed by atoms with Gasteiger partial charge in [0, 0.05) is 19.6 Å². The number of rotatable bonds is 7. The Morgan fingerprint density at radius 3 is 2.42 bits per heavy atom. The number of fused-ring (bicyclic) bond motifs is 1. The zero-order valence-corrected chi connectivity index (χ0v) is 13.6. The second-order valence-corrected chi connectivity index (χ2v) is 7.09. The van der Waals surface area contributed by atoms with E-state index in [0.717, 1.165) is 11.8 Å². The Balaban J connectivity index is 1.80. The van der Waals surface area contributed by atoms with Gasteiger partial charge in [0.15, 0.2) is 0 Å². The standard InChI is InChI=1S/C17H32N2/c1-6-19(7-2)11-10-18(5)13-14-8-9-15-12-16(14)17(15,3)4/h8,15-16H,6-7,9-13H2,1-5H3/t15-,16-/m0/s1. The molecule has 3 aliphatic rings. The summed E-state index contributed by atoms with van der Waals surface area (Å²) in [5.41, 5.74) is 2.29. The lowest BCUT2D eigenvalue weighted by Gasteiger charge is -2.57. The highest BCUT2D eigenvalue weighted by Gasteiger charge is 2.50. The van der Waals surface area contributed by atoms with Crippen molar-refractivity contribution in [3.8, 4) is 0 Å². The molecule has 0 saturated heterocycles. The molecule has 3 rings (SSSR count). The first-order valence-electron chi connectivity index (χ1n) is 8.08. The van der Waals surface area contributed by atoms with Crippen LogP contribution in [0.4, 0.5) is 0 Å². The average molecular weight is 264 g/mol. The molecule has 0 aromatic carbocycles. The summed E-state index contributed by atoms with van der Waals surface area (Å²) < 4.78 is 0. The van der Waals surface area contributed by atoms with Crippen LogP contribution in [0, 0.1) is 17.3 Å². The van der Waals surface area contributed by atoms with Crippen molar-refractivity contribution in [2.45, 2.75) is 40.5 Å². The van der Waals surface area contributed by atoms with E-state index in [4.69, 9.17) is 0 Å². The van der Waals surface area contributed by atoms with Crippen molar-refractivity contribution < 1.29 is 0 Å². The number of nitrogens with zero attached hydrogens (tertiary/aromatic N) is 2. The van der Waals surface area contributed by atoms with Crippen LogP contribution in [0.3, 0.4) is 0 Å². The third-order valence-electron chi connectivity index (χ3n) is 5.73. The van der Waals surface area contributed by atoms with Crippen molar-refractivity contribution in [1.29, 1.82) is 0 Å². The second kappa shape index (κ2) is 5.97. The van der Waals surface area contributed by atoms with Crippen LogP contribution in [-0.2, 0) is 0 Å². The van der Waals surface area contributed by atoms with Crippen molar-refractivity contribution in [3.63, 3.8) is 0 Å². The van der Waals surface area contributed by atoms with Gasteiger partial charge in [-0.15, -0.1) is 0 Å². The molecule has 110 valence electrons. The fraction of sp³-hybridized carbons (Fsp3) is 0.882. The Hall–Kier alpha value is -0.340. The van der Waals surface area contributed by atoms with Crippen LogP contribution in [0.1, 0.15) is 40.5 Å². The van der Waals surface area contributed by atoms with E-state index in [0.29, 0.717) is 5.41 Å². The van der Waals surface area contributed by atoms with E-state index in [-0.39, 0.29) is 0 Å². The molecule has 0 aliphatic heterocycles. The molecule has 0 aromatic rings. The first-order valence-corrected chi connectivity index (χ1v) is 8.08. The Labute approximate surface area is 119 Å². The maximum atomic E-state index is 2.54. The minimum Gasteiger partial charge on any atom is -0.303 e. The number of hydrogen-bond acceptors (Lipinski definition) is 2. The first kappa shape index (κ1) is 15.1. The summed E-state index contributed by atoms with van der Waals surface area (Å²) in [5.74, 6) is 1.82. The van der Waals surface area contributed by atoms with Crippen LogP contribution < -0.4 is 0 Å². The smallest absolute Gasteiger partial charge is 0.0193 e. The molecular formula is C17H32N2. The first-order chi connectivity index (χ1) is 8.98. The zero-order chi connectivity index (χ0) is 14.0. The zero-order valence-electron chi connectivity index (χ0n) is 13.6. The summed E-state index contributed by atoms with van der Waals surface area (Å²) in [5, 5.41) is 0. The van der Waals surface area contributed by atoms with Gasteiger partial charge < -0.3 is 9.80 Å². The normalized spacial score (nSPS) is 28.5. The van der Waals surface area contributed by atoms with E-state index in [1.165, 1.54) is 45.6 Å². The van der Waals surface area contributed by atoms with Crippen molar-refractivity contribution in [1.82, 2.24) is 9.80 Å². The van der Waals surface area contributed by atoms with Crippen LogP contribution in [0.2, 0.25) is 0 Å². The predicted octanol–water partition coefficient (Wildman–Crippen LogP) is 3.25. The Bertz CT molecular complexity index is 328. The van der Waals surface area contributed by atoms with Gasteiger partial charge >= 0.3 is 0 Å². The Morgan fingerprint density at radius 2 is 1.89 bits per heavy atom. The molecule has 0 unspecified atom stereocenters. The lowest BCUT2D eigenvalue weighted by atomic mass is 9.49. The number of likely N-dealkylation sites (N-methyl/N-ethyl adjacent to an activating group) is 2. The molecule has 2 atom stereocenters. The molecule has 0 N–H and O–H groups in total. The largest absolute Gasteiger partial charge is 0.303 e. The minimum atomic E-state index is 0.573. The fourth-order valence-corrected chi connectivity index (χ4v) is 3.90. The van der Waals surface area contributed by atoms with Gasteiger partial charge in [-0.25, -0.2) is 0 Å². The maximum Gasteiger partial charge on any atom is 0.0193 e. The summed E-state index contributed by atoms with van der Waals surface area (Å²) in [6.45, 7) is 15.4. The van der Waals surface area contributed by atoms with Crippen molar-refractivity contribution >= 4 is 0 Å². The number of hydrogen-bond donors (Lipinski definition) is 0. The highest BCUT2D eigenvalue weighted by molar-refractivity contribution is 5.24. The molecule has 0 spiro atoms. The quantitative estimate of drug-likeness (QED) is 0.651. The Kier molecular flexibility index (Phi) is 4.73. The molecule has 0 heterocycles. The predicted molar refractivity (Wildman–Crippen MR) is 83.4 cm³/mol. The molecule has 0 radical (unpaired) electrons. The highest BCUT2D eigenvalue weighted by Crippen LogP contribution is 2.59. The molecular weight excluding hydrogens is 232 g/mol. The van der Waals surface area contributed by atoms with Gasteiger partial charge in [-0.1, -0.05) is 39.3 Å². The van der Waals surface area contributed by atoms with E-state index in [1.54, 1.807) is 5.57 Å². The van der Waals surface area contributed by atoms with Gasteiger partial charge in [-0.2, -0.15) is 0 Å². The second-order valence-electron chi connectivity index (χ2n) is 7.09. The lowest BCUT2D eigenvalue weighted by Crippen LogP contribution is -2.49. The maximum absolute atomic E-state index is 2.54. The summed E-state index contributed by atoms with van der Waals surface area (Å²) in [4.78, 5) is 5.02. The minimum absolute atomic E-state index is 0.573. The van der Waals surface area contributed by atoms with E-state index >= 15 is 0 Å². The fourth-order valence-electron chi connectivity index (χ4n) is 3.90. The van der Waals surface area contributed by atoms with Crippen molar-refractivity contribution in [2.75, 3.05) is 39.8 Å². The summed E-state index contributed by atoms with van der Waals surface area (Å²) >= 11 is 0. The summed E-state index contributed by atoms with van der Waals surface area (Å²) in [7, 11) is 2.28. The molecule has 0 amide bonds. The van der Waals surface area contributed by atoms with E-state index in [2.05, 4.69) is 50.6 Å². The monoisotopic (exact) mass is 264 g/mol. The van der Waals surface area contributed by atoms with E-state index in [1.807, 2.05) is 0 Å². The van der Waals surface area contributed by atoms with E-state index in [9.17, 15) is 0 Å². The molecule has 2 nitrogen and oxygen atoms in total. The SMILES string of the molecule is CCN(CC)CCN(C)CC1=CC[C@H]2C[C@@H]1C2(C)C. The van der Waals surface area contributed by atoms with Gasteiger partial charge in [0.25, 0.3) is 0 Å². The molecule has 2 heteroatoms. The van der Waals surface area contributed by atoms with E-state index < -0.39 is 0 Å². The van der Waals surface area contributed by atoms with Gasteiger partial charge in [0.05, 0.1) is 0 Å². The third-order valence-corrected chi connectivity index (χ3v) is 5.73. The van der Waals surface area contributed by atoms with Crippen LogP contribution in [-0.4, -0.2) is 49.6 Å². The van der Waals surface area contributed by atoms with Gasteiger partial charge in [0.1, 0.15) is 0 Å². The molecule has 0 aromatic heterocycles. The molecule has 1 fully saturated rings. The third kappa shape index (κ3) is 3.05. The van der Waals surface area contributed by atoms with Crippen molar-refractivity contribution in [2.24, 2.45) is 17.3 Å². The summed E-state index contributed by atoms with van der Waals surface area (Å²) in [6, 6.07) is 0. The van der Waals surface area contributed by atoms with Crippen molar-refractivity contribution in [3.05, 3.63) is 11.6 Å². The van der Waals surface area contributed by atoms with Gasteiger partial charge in [0.2, 0.25) is 0 Å². The van der Waals surface area contributed by atoms with Crippen LogP contribution in [0.15, 0.2) is 11.6 Å². The average Bonchev–Trinajstić information content (AvgIpc) is 2.39. The highest BCUT2D eigenvalue weighted by atomic mass is 15.2. The van der Waals surface area contributed by atoms with Crippen LogP contribution in [0.5, 0.6) is 0 Å². The molecule has 19 heavy (non-hydrogen) atoms. The number of allylic oxidation sites excluding steroid dienone is 1. The molecule has 1 saturated carbocycles. The topological polar surface area (TPSA) is 6.48 Å². The Morgan fingerprint density at radius 1 is 1.21 bits per heavy atom. The molecule has 3 aliphatic carbocycles. The summed E-state index contributed by atoms with van der Waals surface area (Å²) in [6.07, 6.45) is 5.31. The van der Waals surface area contributed by atoms with Crippen LogP contribution in [0.25, 0.3) is 0 Å². The van der Waals surface area contributed by atoms with Gasteiger partial charge in [-0.3, -0.25) is 0 Å². The van der Waals surface area contributed by atoms with Crippen LogP contribution >= 0.6 is 0 Å². The van der Waals surface area contributed by atoms with Gasteiger partial charge in [-0.05, 0) is 50.2 Å². The molecule has 2 bridgehead atoms.